The van der Waals surface area contributed by atoms with Gasteiger partial charge in [0.05, 0.1) is 17.5 Å². The fraction of sp³-hybridized carbons (Fsp3) is 0.238. The predicted octanol–water partition coefficient (Wildman–Crippen LogP) is 4.20. The molecule has 2 aromatic carbocycles. The number of rotatable bonds is 6. The second-order valence-corrected chi connectivity index (χ2v) is 6.43. The minimum absolute atomic E-state index is 0.0555. The van der Waals surface area contributed by atoms with E-state index in [1.807, 2.05) is 75.4 Å². The minimum Gasteiger partial charge on any atom is -0.489 e. The number of ether oxygens (including phenoxy) is 1. The van der Waals surface area contributed by atoms with Crippen molar-refractivity contribution < 1.29 is 4.74 Å². The Labute approximate surface area is 153 Å². The van der Waals surface area contributed by atoms with Crippen LogP contribution in [0.5, 0.6) is 5.75 Å². The molecule has 3 rings (SSSR count). The van der Waals surface area contributed by atoms with Crippen LogP contribution < -0.4 is 15.6 Å². The number of hydrogen-bond acceptors (Lipinski definition) is 4. The van der Waals surface area contributed by atoms with E-state index in [-0.39, 0.29) is 11.7 Å². The molecule has 1 heterocycles. The number of hydrogen-bond donors (Lipinski definition) is 2. The van der Waals surface area contributed by atoms with E-state index in [9.17, 15) is 4.79 Å². The lowest BCUT2D eigenvalue weighted by Crippen LogP contribution is -2.19. The number of nitrogens with zero attached hydrogens (tertiary/aromatic N) is 1. The molecule has 1 aromatic heterocycles. The number of aromatic nitrogens is 2. The van der Waals surface area contributed by atoms with Crippen molar-refractivity contribution in [1.29, 1.82) is 0 Å². The number of para-hydroxylation sites is 2. The fourth-order valence-electron chi connectivity index (χ4n) is 2.73. The van der Waals surface area contributed by atoms with E-state index >= 15 is 0 Å². The van der Waals surface area contributed by atoms with Crippen LogP contribution in [0, 0.1) is 6.92 Å². The molecule has 0 atom stereocenters. The topological polar surface area (TPSA) is 67.0 Å². The zero-order valence-electron chi connectivity index (χ0n) is 15.2. The van der Waals surface area contributed by atoms with Gasteiger partial charge < -0.3 is 10.1 Å². The molecule has 0 aliphatic carbocycles. The average molecular weight is 349 g/mol. The van der Waals surface area contributed by atoms with Gasteiger partial charge in [-0.1, -0.05) is 42.5 Å². The van der Waals surface area contributed by atoms with Gasteiger partial charge in [0, 0.05) is 12.0 Å². The molecule has 0 aliphatic heterocycles. The summed E-state index contributed by atoms with van der Waals surface area (Å²) in [6, 6.07) is 17.5. The van der Waals surface area contributed by atoms with E-state index in [0.717, 1.165) is 17.0 Å². The summed E-state index contributed by atoms with van der Waals surface area (Å²) < 4.78 is 5.80. The minimum atomic E-state index is -0.133. The molecule has 26 heavy (non-hydrogen) atoms. The van der Waals surface area contributed by atoms with Gasteiger partial charge in [-0.3, -0.25) is 9.78 Å². The van der Waals surface area contributed by atoms with Crippen molar-refractivity contribution in [3.63, 3.8) is 0 Å². The molecule has 0 spiro atoms. The lowest BCUT2D eigenvalue weighted by Gasteiger charge is -2.15. The molecule has 5 nitrogen and oxygen atoms in total. The van der Waals surface area contributed by atoms with Gasteiger partial charge in [0.15, 0.2) is 0 Å². The molecule has 134 valence electrons. The first-order chi connectivity index (χ1) is 12.5. The van der Waals surface area contributed by atoms with Crippen molar-refractivity contribution in [3.8, 4) is 5.75 Å². The van der Waals surface area contributed by atoms with Crippen LogP contribution in [0.1, 0.15) is 30.7 Å². The summed E-state index contributed by atoms with van der Waals surface area (Å²) in [6.07, 6.45) is 0.613. The summed E-state index contributed by atoms with van der Waals surface area (Å²) in [4.78, 5) is 19.9. The summed E-state index contributed by atoms with van der Waals surface area (Å²) in [7, 11) is 0. The Morgan fingerprint density at radius 1 is 1.08 bits per heavy atom. The van der Waals surface area contributed by atoms with Crippen LogP contribution in [0.15, 0.2) is 59.4 Å². The van der Waals surface area contributed by atoms with Gasteiger partial charge in [-0.25, -0.2) is 4.98 Å². The first-order valence-corrected chi connectivity index (χ1v) is 8.69. The van der Waals surface area contributed by atoms with E-state index in [1.165, 1.54) is 0 Å². The van der Waals surface area contributed by atoms with Gasteiger partial charge in [0.1, 0.15) is 5.75 Å². The molecule has 0 saturated heterocycles. The van der Waals surface area contributed by atoms with Gasteiger partial charge in [-0.2, -0.15) is 0 Å². The third-order valence-corrected chi connectivity index (χ3v) is 3.95. The van der Waals surface area contributed by atoms with E-state index in [1.54, 1.807) is 0 Å². The average Bonchev–Trinajstić information content (AvgIpc) is 2.60. The maximum absolute atomic E-state index is 12.6. The Kier molecular flexibility index (Phi) is 5.37. The highest BCUT2D eigenvalue weighted by Crippen LogP contribution is 2.27. The van der Waals surface area contributed by atoms with Crippen molar-refractivity contribution in [2.75, 3.05) is 5.32 Å². The molecule has 0 fully saturated rings. The molecule has 0 aliphatic rings. The maximum Gasteiger partial charge on any atom is 0.256 e. The summed E-state index contributed by atoms with van der Waals surface area (Å²) in [6.45, 7) is 5.80. The highest BCUT2D eigenvalue weighted by atomic mass is 16.5. The fourth-order valence-corrected chi connectivity index (χ4v) is 2.73. The summed E-state index contributed by atoms with van der Waals surface area (Å²) >= 11 is 0. The molecule has 0 saturated carbocycles. The third-order valence-electron chi connectivity index (χ3n) is 3.95. The molecule has 5 heteroatoms. The van der Waals surface area contributed by atoms with Crippen molar-refractivity contribution in [2.24, 2.45) is 0 Å². The first-order valence-electron chi connectivity index (χ1n) is 8.69. The van der Waals surface area contributed by atoms with Crippen LogP contribution in [0.25, 0.3) is 0 Å². The van der Waals surface area contributed by atoms with Gasteiger partial charge in [-0.05, 0) is 38.5 Å². The van der Waals surface area contributed by atoms with Gasteiger partial charge >= 0.3 is 0 Å². The third kappa shape index (κ3) is 4.30. The Morgan fingerprint density at radius 3 is 2.46 bits per heavy atom. The molecule has 3 aromatic rings. The Balaban J connectivity index is 1.86. The molecular formula is C21H23N3O2. The smallest absolute Gasteiger partial charge is 0.256 e. The molecule has 0 radical (unpaired) electrons. The molecule has 0 bridgehead atoms. The van der Waals surface area contributed by atoms with Crippen LogP contribution in [0.4, 0.5) is 11.6 Å². The number of aromatic amines is 1. The second-order valence-electron chi connectivity index (χ2n) is 6.43. The Bertz CT molecular complexity index is 933. The van der Waals surface area contributed by atoms with E-state index in [4.69, 9.17) is 4.74 Å². The zero-order valence-corrected chi connectivity index (χ0v) is 15.2. The van der Waals surface area contributed by atoms with E-state index < -0.39 is 0 Å². The van der Waals surface area contributed by atoms with Crippen LogP contribution >= 0.6 is 0 Å². The molecule has 0 unspecified atom stereocenters. The van der Waals surface area contributed by atoms with Gasteiger partial charge in [0.2, 0.25) is 5.95 Å². The van der Waals surface area contributed by atoms with E-state index in [2.05, 4.69) is 15.3 Å². The second kappa shape index (κ2) is 7.87. The van der Waals surface area contributed by atoms with Crippen molar-refractivity contribution >= 4 is 11.6 Å². The summed E-state index contributed by atoms with van der Waals surface area (Å²) in [5, 5.41) is 3.16. The highest BCUT2D eigenvalue weighted by molar-refractivity contribution is 5.62. The monoisotopic (exact) mass is 349 g/mol. The lowest BCUT2D eigenvalue weighted by atomic mass is 10.1. The number of benzene rings is 2. The van der Waals surface area contributed by atoms with E-state index in [0.29, 0.717) is 23.6 Å². The van der Waals surface area contributed by atoms with Crippen molar-refractivity contribution in [2.45, 2.75) is 33.3 Å². The van der Waals surface area contributed by atoms with Crippen molar-refractivity contribution in [3.05, 3.63) is 81.8 Å². The highest BCUT2D eigenvalue weighted by Gasteiger charge is 2.11. The summed E-state index contributed by atoms with van der Waals surface area (Å²) in [5.74, 6) is 1.13. The number of nitrogens with one attached hydrogen (secondary N) is 2. The summed E-state index contributed by atoms with van der Waals surface area (Å²) in [5.41, 5.74) is 3.10. The normalized spacial score (nSPS) is 10.8. The lowest BCUT2D eigenvalue weighted by molar-refractivity contribution is 0.244. The first kappa shape index (κ1) is 17.7. The Morgan fingerprint density at radius 2 is 1.77 bits per heavy atom. The van der Waals surface area contributed by atoms with Gasteiger partial charge in [-0.15, -0.1) is 0 Å². The number of H-pyrrole nitrogens is 1. The Hall–Kier alpha value is -3.08. The molecule has 0 amide bonds. The SMILES string of the molecule is Cc1nc(Nc2ccccc2OC(C)C)[nH]c(=O)c1Cc1ccccc1. The largest absolute Gasteiger partial charge is 0.489 e. The predicted molar refractivity (Wildman–Crippen MR) is 104 cm³/mol. The van der Waals surface area contributed by atoms with Crippen LogP contribution in [-0.4, -0.2) is 16.1 Å². The van der Waals surface area contributed by atoms with Gasteiger partial charge in [0.25, 0.3) is 5.56 Å². The van der Waals surface area contributed by atoms with Crippen LogP contribution in [0.3, 0.4) is 0 Å². The van der Waals surface area contributed by atoms with Crippen LogP contribution in [-0.2, 0) is 6.42 Å². The molecular weight excluding hydrogens is 326 g/mol. The zero-order chi connectivity index (χ0) is 18.5. The molecule has 2 N–H and O–H groups in total. The van der Waals surface area contributed by atoms with Crippen molar-refractivity contribution in [1.82, 2.24) is 9.97 Å². The van der Waals surface area contributed by atoms with Crippen LogP contribution in [0.2, 0.25) is 0 Å². The number of aryl methyl sites for hydroxylation is 1. The number of anilines is 2. The maximum atomic E-state index is 12.6. The standard InChI is InChI=1S/C21H23N3O2/c1-14(2)26-19-12-8-7-11-18(19)23-21-22-15(3)17(20(25)24-21)13-16-9-5-4-6-10-16/h4-12,14H,13H2,1-3H3,(H2,22,23,24,25). The quantitative estimate of drug-likeness (QED) is 0.700.